The Balaban J connectivity index is 2.11. The zero-order valence-corrected chi connectivity index (χ0v) is 15.6. The number of aromatic nitrogens is 3. The second kappa shape index (κ2) is 7.14. The molecule has 1 amide bonds. The number of halogens is 3. The fraction of sp³-hybridized carbons (Fsp3) is 0.769. The molecular weight excluding hydrogens is 381 g/mol. The Hall–Kier alpha value is -1.30. The Labute approximate surface area is 147 Å². The Bertz CT molecular complexity index is 748. The minimum atomic E-state index is -4.62. The fourth-order valence-electron chi connectivity index (χ4n) is 2.72. The van der Waals surface area contributed by atoms with E-state index in [9.17, 15) is 26.4 Å². The van der Waals surface area contributed by atoms with Crippen LogP contribution in [0.15, 0.2) is 5.16 Å². The molecule has 2 rings (SSSR count). The molecule has 0 aromatic carbocycles. The van der Waals surface area contributed by atoms with E-state index in [0.717, 1.165) is 16.3 Å². The number of alkyl halides is 3. The van der Waals surface area contributed by atoms with Crippen molar-refractivity contribution in [2.45, 2.75) is 42.9 Å². The highest BCUT2D eigenvalue weighted by Crippen LogP contribution is 2.31. The van der Waals surface area contributed by atoms with Gasteiger partial charge in [0.2, 0.25) is 11.7 Å². The maximum Gasteiger partial charge on any atom is 0.451 e. The third-order valence-corrected chi connectivity index (χ3v) is 6.86. The molecule has 0 radical (unpaired) electrons. The molecule has 1 aliphatic rings. The van der Waals surface area contributed by atoms with Crippen LogP contribution in [0, 0.1) is 0 Å². The summed E-state index contributed by atoms with van der Waals surface area (Å²) in [6, 6.07) is -0.393. The van der Waals surface area contributed by atoms with Crippen LogP contribution in [0.2, 0.25) is 0 Å². The molecule has 1 aromatic heterocycles. The van der Waals surface area contributed by atoms with Gasteiger partial charge in [0.05, 0.1) is 16.8 Å². The summed E-state index contributed by atoms with van der Waals surface area (Å²) in [6.07, 6.45) is -4.25. The number of carbonyl (C=O) groups excluding carboxylic acids is 1. The average Bonchev–Trinajstić information content (AvgIpc) is 3.02. The summed E-state index contributed by atoms with van der Waals surface area (Å²) in [5, 5.41) is 5.88. The van der Waals surface area contributed by atoms with Gasteiger partial charge in [0.25, 0.3) is 0 Å². The lowest BCUT2D eigenvalue weighted by Gasteiger charge is -2.29. The molecule has 1 fully saturated rings. The van der Waals surface area contributed by atoms with Crippen molar-refractivity contribution in [3.63, 3.8) is 0 Å². The van der Waals surface area contributed by atoms with Crippen LogP contribution >= 0.6 is 11.8 Å². The molecule has 142 valence electrons. The predicted octanol–water partition coefficient (Wildman–Crippen LogP) is 1.35. The van der Waals surface area contributed by atoms with Gasteiger partial charge >= 0.3 is 6.18 Å². The van der Waals surface area contributed by atoms with Crippen LogP contribution in [0.1, 0.15) is 26.1 Å². The second-order valence-electron chi connectivity index (χ2n) is 5.80. The van der Waals surface area contributed by atoms with E-state index in [1.54, 1.807) is 13.8 Å². The van der Waals surface area contributed by atoms with Gasteiger partial charge in [-0.3, -0.25) is 4.79 Å². The predicted molar refractivity (Wildman–Crippen MR) is 85.8 cm³/mol. The Kier molecular flexibility index (Phi) is 5.71. The van der Waals surface area contributed by atoms with E-state index in [4.69, 9.17) is 0 Å². The first kappa shape index (κ1) is 20.0. The van der Waals surface area contributed by atoms with Crippen molar-refractivity contribution >= 4 is 27.5 Å². The third kappa shape index (κ3) is 4.46. The smallest absolute Gasteiger partial charge is 0.338 e. The van der Waals surface area contributed by atoms with Gasteiger partial charge in [-0.05, 0) is 20.3 Å². The molecule has 1 aromatic rings. The van der Waals surface area contributed by atoms with Crippen LogP contribution in [0.5, 0.6) is 0 Å². The van der Waals surface area contributed by atoms with Gasteiger partial charge < -0.3 is 9.47 Å². The first-order valence-corrected chi connectivity index (χ1v) is 10.3. The Morgan fingerprint density at radius 3 is 2.52 bits per heavy atom. The first-order chi connectivity index (χ1) is 11.5. The van der Waals surface area contributed by atoms with Crippen molar-refractivity contribution in [3.05, 3.63) is 5.82 Å². The molecule has 7 nitrogen and oxygen atoms in total. The normalized spacial score (nSPS) is 21.3. The first-order valence-electron chi connectivity index (χ1n) is 7.60. The summed E-state index contributed by atoms with van der Waals surface area (Å²) in [4.78, 5) is 14.1. The van der Waals surface area contributed by atoms with E-state index in [-0.39, 0.29) is 22.6 Å². The lowest BCUT2D eigenvalue weighted by molar-refractivity contribution is -0.147. The van der Waals surface area contributed by atoms with Crippen LogP contribution < -0.4 is 0 Å². The van der Waals surface area contributed by atoms with Crippen LogP contribution in [0.3, 0.4) is 0 Å². The molecule has 0 bridgehead atoms. The summed E-state index contributed by atoms with van der Waals surface area (Å²) in [6.45, 7) is 3.63. The van der Waals surface area contributed by atoms with Crippen LogP contribution in [-0.4, -0.2) is 63.3 Å². The topological polar surface area (TPSA) is 85.2 Å². The van der Waals surface area contributed by atoms with E-state index < -0.39 is 33.1 Å². The lowest BCUT2D eigenvalue weighted by atomic mass is 10.2. The average molecular weight is 400 g/mol. The molecule has 2 atom stereocenters. The maximum atomic E-state index is 12.8. The molecule has 25 heavy (non-hydrogen) atoms. The standard InChI is InChI=1S/C13H19F3N4O3S2/c1-4-20(9-5-6-25(22,23)7-9)10(21)8(2)24-12-18-17-11(19(12)3)13(14,15)16/h8-9H,4-7H2,1-3H3/t8-,9+/m1/s1. The molecule has 0 aliphatic carbocycles. The summed E-state index contributed by atoms with van der Waals surface area (Å²) < 4.78 is 62.3. The number of amides is 1. The highest BCUT2D eigenvalue weighted by Gasteiger charge is 2.39. The molecule has 2 heterocycles. The summed E-state index contributed by atoms with van der Waals surface area (Å²) in [5.74, 6) is -1.50. The van der Waals surface area contributed by atoms with Gasteiger partial charge in [0.15, 0.2) is 15.0 Å². The van der Waals surface area contributed by atoms with Crippen LogP contribution in [0.25, 0.3) is 0 Å². The molecule has 0 spiro atoms. The number of thioether (sulfide) groups is 1. The van der Waals surface area contributed by atoms with E-state index in [1.807, 2.05) is 0 Å². The van der Waals surface area contributed by atoms with Crippen molar-refractivity contribution in [2.24, 2.45) is 7.05 Å². The van der Waals surface area contributed by atoms with Gasteiger partial charge in [-0.2, -0.15) is 13.2 Å². The van der Waals surface area contributed by atoms with Crippen molar-refractivity contribution in [1.82, 2.24) is 19.7 Å². The maximum absolute atomic E-state index is 12.8. The number of sulfone groups is 1. The van der Waals surface area contributed by atoms with E-state index in [2.05, 4.69) is 10.2 Å². The molecule has 1 aliphatic heterocycles. The van der Waals surface area contributed by atoms with Gasteiger partial charge in [-0.1, -0.05) is 11.8 Å². The summed E-state index contributed by atoms with van der Waals surface area (Å²) in [7, 11) is -1.96. The molecule has 0 unspecified atom stereocenters. The molecular formula is C13H19F3N4O3S2. The zero-order valence-electron chi connectivity index (χ0n) is 13.9. The Morgan fingerprint density at radius 2 is 2.08 bits per heavy atom. The monoisotopic (exact) mass is 400 g/mol. The molecule has 0 N–H and O–H groups in total. The molecule has 0 saturated carbocycles. The summed E-state index contributed by atoms with van der Waals surface area (Å²) in [5.41, 5.74) is 0. The number of carbonyl (C=O) groups is 1. The number of hydrogen-bond donors (Lipinski definition) is 0. The zero-order chi connectivity index (χ0) is 19.0. The van der Waals surface area contributed by atoms with Gasteiger partial charge in [-0.15, -0.1) is 10.2 Å². The molecule has 1 saturated heterocycles. The van der Waals surface area contributed by atoms with Crippen LogP contribution in [-0.2, 0) is 27.9 Å². The fourth-order valence-corrected chi connectivity index (χ4v) is 5.34. The highest BCUT2D eigenvalue weighted by atomic mass is 32.2. The summed E-state index contributed by atoms with van der Waals surface area (Å²) >= 11 is 0.866. The highest BCUT2D eigenvalue weighted by molar-refractivity contribution is 8.00. The number of nitrogens with zero attached hydrogens (tertiary/aromatic N) is 4. The second-order valence-corrected chi connectivity index (χ2v) is 9.34. The molecule has 12 heteroatoms. The van der Waals surface area contributed by atoms with E-state index >= 15 is 0 Å². The van der Waals surface area contributed by atoms with Crippen molar-refractivity contribution in [3.8, 4) is 0 Å². The lowest BCUT2D eigenvalue weighted by Crippen LogP contribution is -2.44. The SMILES string of the molecule is CCN(C(=O)[C@@H](C)Sc1nnc(C(F)(F)F)n1C)[C@H]1CCS(=O)(=O)C1. The van der Waals surface area contributed by atoms with Gasteiger partial charge in [0.1, 0.15) is 0 Å². The van der Waals surface area contributed by atoms with E-state index in [1.165, 1.54) is 11.9 Å². The van der Waals surface area contributed by atoms with Crippen LogP contribution in [0.4, 0.5) is 13.2 Å². The van der Waals surface area contributed by atoms with Crippen molar-refractivity contribution < 1.29 is 26.4 Å². The number of hydrogen-bond acceptors (Lipinski definition) is 6. The minimum Gasteiger partial charge on any atom is -0.338 e. The Morgan fingerprint density at radius 1 is 1.44 bits per heavy atom. The quantitative estimate of drug-likeness (QED) is 0.694. The number of rotatable bonds is 5. The minimum absolute atomic E-state index is 0.0247. The van der Waals surface area contributed by atoms with Gasteiger partial charge in [-0.25, -0.2) is 8.42 Å². The largest absolute Gasteiger partial charge is 0.451 e. The van der Waals surface area contributed by atoms with Crippen molar-refractivity contribution in [2.75, 3.05) is 18.1 Å². The van der Waals surface area contributed by atoms with E-state index in [0.29, 0.717) is 13.0 Å². The van der Waals surface area contributed by atoms with Gasteiger partial charge in [0, 0.05) is 19.6 Å². The third-order valence-electron chi connectivity index (χ3n) is 3.99. The van der Waals surface area contributed by atoms with Crippen molar-refractivity contribution in [1.29, 1.82) is 0 Å².